The summed E-state index contributed by atoms with van der Waals surface area (Å²) in [6.45, 7) is 0. The van der Waals surface area contributed by atoms with Crippen LogP contribution >= 0.6 is 12.2 Å². The van der Waals surface area contributed by atoms with Crippen LogP contribution in [0.5, 0.6) is 5.75 Å². The number of halogens is 1. The fourth-order valence-corrected chi connectivity index (χ4v) is 2.83. The second-order valence-corrected chi connectivity index (χ2v) is 5.39. The molecule has 0 heterocycles. The maximum Gasteiger partial charge on any atom is 0.237 e. The number of nitrogens with one attached hydrogen (secondary N) is 1. The summed E-state index contributed by atoms with van der Waals surface area (Å²) in [6.07, 6.45) is 3.01. The SMILES string of the molecule is COc1ccc(F)c(NC(=O)C2(C(N)=S)CCCC2)c1. The Labute approximate surface area is 122 Å². The molecule has 1 aliphatic rings. The molecule has 0 unspecified atom stereocenters. The Hall–Kier alpha value is -1.69. The van der Waals surface area contributed by atoms with Gasteiger partial charge in [-0.25, -0.2) is 4.39 Å². The number of rotatable bonds is 4. The van der Waals surface area contributed by atoms with Gasteiger partial charge in [0.15, 0.2) is 0 Å². The third kappa shape index (κ3) is 2.60. The van der Waals surface area contributed by atoms with E-state index in [0.29, 0.717) is 18.6 Å². The predicted octanol–water partition coefficient (Wildman–Crippen LogP) is 2.62. The lowest BCUT2D eigenvalue weighted by Gasteiger charge is -2.26. The highest BCUT2D eigenvalue weighted by Crippen LogP contribution is 2.39. The van der Waals surface area contributed by atoms with Crippen molar-refractivity contribution in [3.05, 3.63) is 24.0 Å². The van der Waals surface area contributed by atoms with Crippen LogP contribution in [0.25, 0.3) is 0 Å². The average molecular weight is 296 g/mol. The van der Waals surface area contributed by atoms with Gasteiger partial charge < -0.3 is 15.8 Å². The Kier molecular flexibility index (Phi) is 4.23. The molecule has 0 aliphatic heterocycles. The minimum atomic E-state index is -0.856. The first-order valence-electron chi connectivity index (χ1n) is 6.44. The fourth-order valence-electron chi connectivity index (χ4n) is 2.53. The molecule has 0 saturated heterocycles. The van der Waals surface area contributed by atoms with Gasteiger partial charge in [-0.15, -0.1) is 0 Å². The smallest absolute Gasteiger partial charge is 0.237 e. The van der Waals surface area contributed by atoms with Crippen molar-refractivity contribution in [3.8, 4) is 5.75 Å². The second-order valence-electron chi connectivity index (χ2n) is 4.95. The number of anilines is 1. The van der Waals surface area contributed by atoms with Crippen molar-refractivity contribution in [1.82, 2.24) is 0 Å². The van der Waals surface area contributed by atoms with Crippen LogP contribution in [0.2, 0.25) is 0 Å². The molecule has 1 saturated carbocycles. The van der Waals surface area contributed by atoms with E-state index in [1.165, 1.54) is 25.3 Å². The molecular weight excluding hydrogens is 279 g/mol. The molecule has 1 amide bonds. The molecule has 1 aromatic carbocycles. The lowest BCUT2D eigenvalue weighted by atomic mass is 9.85. The summed E-state index contributed by atoms with van der Waals surface area (Å²) in [6, 6.07) is 4.18. The number of carbonyl (C=O) groups is 1. The molecule has 1 fully saturated rings. The van der Waals surface area contributed by atoms with Crippen molar-refractivity contribution in [2.75, 3.05) is 12.4 Å². The summed E-state index contributed by atoms with van der Waals surface area (Å²) in [5.74, 6) is -0.387. The quantitative estimate of drug-likeness (QED) is 0.838. The highest BCUT2D eigenvalue weighted by atomic mass is 32.1. The first-order chi connectivity index (χ1) is 9.49. The molecule has 0 radical (unpaired) electrons. The van der Waals surface area contributed by atoms with Gasteiger partial charge in [0, 0.05) is 6.07 Å². The van der Waals surface area contributed by atoms with Crippen molar-refractivity contribution in [2.45, 2.75) is 25.7 Å². The molecule has 4 nitrogen and oxygen atoms in total. The molecule has 108 valence electrons. The largest absolute Gasteiger partial charge is 0.497 e. The van der Waals surface area contributed by atoms with Crippen molar-refractivity contribution < 1.29 is 13.9 Å². The van der Waals surface area contributed by atoms with Crippen LogP contribution in [0.1, 0.15) is 25.7 Å². The number of carbonyl (C=O) groups excluding carboxylic acids is 1. The molecule has 0 atom stereocenters. The highest BCUT2D eigenvalue weighted by molar-refractivity contribution is 7.80. The van der Waals surface area contributed by atoms with Crippen LogP contribution in [-0.2, 0) is 4.79 Å². The Balaban J connectivity index is 2.25. The average Bonchev–Trinajstić information content (AvgIpc) is 2.92. The van der Waals surface area contributed by atoms with E-state index in [2.05, 4.69) is 5.32 Å². The Morgan fingerprint density at radius 3 is 2.65 bits per heavy atom. The molecule has 3 N–H and O–H groups in total. The maximum absolute atomic E-state index is 13.7. The monoisotopic (exact) mass is 296 g/mol. The van der Waals surface area contributed by atoms with Crippen LogP contribution < -0.4 is 15.8 Å². The maximum atomic E-state index is 13.7. The van der Waals surface area contributed by atoms with E-state index in [4.69, 9.17) is 22.7 Å². The summed E-state index contributed by atoms with van der Waals surface area (Å²) in [7, 11) is 1.48. The number of methoxy groups -OCH3 is 1. The van der Waals surface area contributed by atoms with Gasteiger partial charge in [-0.1, -0.05) is 25.1 Å². The third-order valence-corrected chi connectivity index (χ3v) is 4.18. The van der Waals surface area contributed by atoms with Gasteiger partial charge in [0.1, 0.15) is 11.6 Å². The number of hydrogen-bond donors (Lipinski definition) is 2. The lowest BCUT2D eigenvalue weighted by Crippen LogP contribution is -2.44. The molecule has 6 heteroatoms. The van der Waals surface area contributed by atoms with Gasteiger partial charge in [-0.3, -0.25) is 4.79 Å². The zero-order valence-electron chi connectivity index (χ0n) is 11.2. The van der Waals surface area contributed by atoms with E-state index < -0.39 is 11.2 Å². The van der Waals surface area contributed by atoms with Crippen molar-refractivity contribution >= 4 is 28.8 Å². The van der Waals surface area contributed by atoms with Gasteiger partial charge in [-0.05, 0) is 25.0 Å². The minimum absolute atomic E-state index is 0.0804. The zero-order valence-corrected chi connectivity index (χ0v) is 12.1. The van der Waals surface area contributed by atoms with Gasteiger partial charge >= 0.3 is 0 Å². The minimum Gasteiger partial charge on any atom is -0.497 e. The molecule has 0 bridgehead atoms. The predicted molar refractivity (Wildman–Crippen MR) is 79.3 cm³/mol. The topological polar surface area (TPSA) is 64.3 Å². The van der Waals surface area contributed by atoms with Gasteiger partial charge in [0.2, 0.25) is 5.91 Å². The molecule has 1 aliphatic carbocycles. The Bertz CT molecular complexity index is 542. The highest BCUT2D eigenvalue weighted by Gasteiger charge is 2.44. The lowest BCUT2D eigenvalue weighted by molar-refractivity contribution is -0.122. The van der Waals surface area contributed by atoms with Crippen molar-refractivity contribution in [3.63, 3.8) is 0 Å². The van der Waals surface area contributed by atoms with Gasteiger partial charge in [0.25, 0.3) is 0 Å². The number of nitrogens with two attached hydrogens (primary N) is 1. The van der Waals surface area contributed by atoms with Crippen LogP contribution in [-0.4, -0.2) is 18.0 Å². The molecule has 20 heavy (non-hydrogen) atoms. The zero-order chi connectivity index (χ0) is 14.8. The third-order valence-electron chi connectivity index (χ3n) is 3.79. The molecule has 1 aromatic rings. The van der Waals surface area contributed by atoms with Gasteiger partial charge in [0.05, 0.1) is 23.2 Å². The second kappa shape index (κ2) is 5.75. The number of benzene rings is 1. The number of thiocarbonyl (C=S) groups is 1. The van der Waals surface area contributed by atoms with E-state index in [1.54, 1.807) is 0 Å². The summed E-state index contributed by atoms with van der Waals surface area (Å²) >= 11 is 5.04. The number of amides is 1. The van der Waals surface area contributed by atoms with E-state index in [1.807, 2.05) is 0 Å². The van der Waals surface area contributed by atoms with Crippen molar-refractivity contribution in [2.24, 2.45) is 11.1 Å². The number of ether oxygens (including phenoxy) is 1. The van der Waals surface area contributed by atoms with Crippen LogP contribution in [0.3, 0.4) is 0 Å². The molecule has 2 rings (SSSR count). The normalized spacial score (nSPS) is 16.7. The first-order valence-corrected chi connectivity index (χ1v) is 6.85. The Morgan fingerprint density at radius 2 is 2.10 bits per heavy atom. The number of hydrogen-bond acceptors (Lipinski definition) is 3. The molecule has 0 spiro atoms. The summed E-state index contributed by atoms with van der Waals surface area (Å²) in [5.41, 5.74) is 4.96. The first kappa shape index (κ1) is 14.7. The van der Waals surface area contributed by atoms with Crippen LogP contribution in [0.15, 0.2) is 18.2 Å². The molecule has 0 aromatic heterocycles. The van der Waals surface area contributed by atoms with Crippen LogP contribution in [0, 0.1) is 11.2 Å². The standard InChI is InChI=1S/C14H17FN2O2S/c1-19-9-4-5-10(15)11(8-9)17-13(18)14(12(16)20)6-2-3-7-14/h4-5,8H,2-3,6-7H2,1H3,(H2,16,20)(H,17,18). The van der Waals surface area contributed by atoms with E-state index in [0.717, 1.165) is 12.8 Å². The van der Waals surface area contributed by atoms with E-state index in [9.17, 15) is 9.18 Å². The fraction of sp³-hybridized carbons (Fsp3) is 0.429. The van der Waals surface area contributed by atoms with E-state index >= 15 is 0 Å². The summed E-state index contributed by atoms with van der Waals surface area (Å²) < 4.78 is 18.8. The van der Waals surface area contributed by atoms with E-state index in [-0.39, 0.29) is 16.6 Å². The van der Waals surface area contributed by atoms with Crippen LogP contribution in [0.4, 0.5) is 10.1 Å². The molecular formula is C14H17FN2O2S. The van der Waals surface area contributed by atoms with Gasteiger partial charge in [-0.2, -0.15) is 0 Å². The Morgan fingerprint density at radius 1 is 1.45 bits per heavy atom. The summed E-state index contributed by atoms with van der Waals surface area (Å²) in [4.78, 5) is 12.6. The van der Waals surface area contributed by atoms with Crippen molar-refractivity contribution in [1.29, 1.82) is 0 Å². The summed E-state index contributed by atoms with van der Waals surface area (Å²) in [5, 5.41) is 2.59.